The molecule has 3 aliphatic heterocycles. The summed E-state index contributed by atoms with van der Waals surface area (Å²) in [7, 11) is 0. The first-order valence-corrected chi connectivity index (χ1v) is 7.04. The first kappa shape index (κ1) is 11.8. The van der Waals surface area contributed by atoms with Gasteiger partial charge in [0.15, 0.2) is 0 Å². The Balaban J connectivity index is 1.98. The van der Waals surface area contributed by atoms with Gasteiger partial charge in [0, 0.05) is 29.6 Å². The van der Waals surface area contributed by atoms with E-state index in [1.165, 1.54) is 24.2 Å². The molecule has 4 heterocycles. The van der Waals surface area contributed by atoms with Crippen molar-refractivity contribution in [3.05, 3.63) is 29.3 Å². The molecule has 1 aromatic carbocycles. The van der Waals surface area contributed by atoms with Gasteiger partial charge in [-0.15, -0.1) is 0 Å². The first-order valence-electron chi connectivity index (χ1n) is 7.04. The fourth-order valence-corrected chi connectivity index (χ4v) is 3.69. The molecule has 0 saturated carbocycles. The Kier molecular flexibility index (Phi) is 2.35. The maximum atomic E-state index is 11.2. The van der Waals surface area contributed by atoms with Crippen LogP contribution in [0.5, 0.6) is 0 Å². The number of nitrogens with zero attached hydrogens (tertiary/aromatic N) is 1. The number of carbonyl (C=O) groups is 1. The Labute approximate surface area is 116 Å². The molecular weight excluding hydrogens is 254 g/mol. The highest BCUT2D eigenvalue weighted by molar-refractivity contribution is 5.95. The highest BCUT2D eigenvalue weighted by Gasteiger charge is 2.34. The number of carboxylic acids is 1. The Bertz CT molecular complexity index is 698. The van der Waals surface area contributed by atoms with Crippen molar-refractivity contribution in [1.82, 2.24) is 4.98 Å². The summed E-state index contributed by atoms with van der Waals surface area (Å²) in [5.41, 5.74) is 8.74. The summed E-state index contributed by atoms with van der Waals surface area (Å²) >= 11 is 0. The van der Waals surface area contributed by atoms with Crippen molar-refractivity contribution in [2.45, 2.75) is 24.8 Å². The molecule has 20 heavy (non-hydrogen) atoms. The number of hydrogen-bond acceptors (Lipinski definition) is 3. The molecule has 5 heteroatoms. The number of aromatic amines is 1. The zero-order valence-corrected chi connectivity index (χ0v) is 11.1. The molecule has 104 valence electrons. The average molecular weight is 271 g/mol. The molecule has 0 aliphatic carbocycles. The molecule has 1 saturated heterocycles. The number of piperidine rings is 1. The van der Waals surface area contributed by atoms with Crippen LogP contribution in [0.15, 0.2) is 18.2 Å². The lowest BCUT2D eigenvalue weighted by atomic mass is 9.84. The van der Waals surface area contributed by atoms with E-state index in [1.54, 1.807) is 6.07 Å². The van der Waals surface area contributed by atoms with E-state index in [9.17, 15) is 4.79 Å². The summed E-state index contributed by atoms with van der Waals surface area (Å²) in [4.78, 5) is 17.0. The first-order chi connectivity index (χ1) is 9.66. The summed E-state index contributed by atoms with van der Waals surface area (Å²) in [5, 5.41) is 10.3. The van der Waals surface area contributed by atoms with Crippen LogP contribution in [0.4, 0.5) is 5.82 Å². The third kappa shape index (κ3) is 1.44. The second kappa shape index (κ2) is 3.99. The number of carboxylic acid groups (broad SMARTS) is 1. The predicted octanol–water partition coefficient (Wildman–Crippen LogP) is 1.95. The number of hydrogen-bond donors (Lipinski definition) is 3. The van der Waals surface area contributed by atoms with Crippen LogP contribution in [0.1, 0.15) is 35.9 Å². The number of para-hydroxylation sites is 1. The second-order valence-electron chi connectivity index (χ2n) is 5.73. The number of aliphatic carboxylic acids is 1. The Morgan fingerprint density at radius 1 is 1.40 bits per heavy atom. The monoisotopic (exact) mass is 271 g/mol. The van der Waals surface area contributed by atoms with Gasteiger partial charge in [0.25, 0.3) is 0 Å². The van der Waals surface area contributed by atoms with Gasteiger partial charge in [-0.3, -0.25) is 4.79 Å². The van der Waals surface area contributed by atoms with Crippen molar-refractivity contribution < 1.29 is 9.90 Å². The average Bonchev–Trinajstić information content (AvgIpc) is 2.89. The fourth-order valence-electron chi connectivity index (χ4n) is 3.69. The smallest absolute Gasteiger partial charge is 0.325 e. The van der Waals surface area contributed by atoms with Crippen LogP contribution in [0.25, 0.3) is 10.9 Å². The Morgan fingerprint density at radius 2 is 2.15 bits per heavy atom. The lowest BCUT2D eigenvalue weighted by molar-refractivity contribution is -0.138. The second-order valence-corrected chi connectivity index (χ2v) is 5.73. The summed E-state index contributed by atoms with van der Waals surface area (Å²) in [6.07, 6.45) is 2.38. The number of rotatable bonds is 2. The topological polar surface area (TPSA) is 82.4 Å². The molecule has 0 amide bonds. The minimum atomic E-state index is -0.992. The molecule has 2 bridgehead atoms. The maximum Gasteiger partial charge on any atom is 0.325 e. The largest absolute Gasteiger partial charge is 0.480 e. The molecule has 2 aromatic rings. The lowest BCUT2D eigenvalue weighted by Crippen LogP contribution is -2.38. The van der Waals surface area contributed by atoms with E-state index in [1.807, 2.05) is 6.07 Å². The van der Waals surface area contributed by atoms with E-state index < -0.39 is 12.0 Å². The SMILES string of the molecule is NC(C(=O)O)c1cccc2c3c([nH]c12)N1CCC3CC1. The van der Waals surface area contributed by atoms with Crippen molar-refractivity contribution in [3.8, 4) is 0 Å². The van der Waals surface area contributed by atoms with Crippen molar-refractivity contribution in [1.29, 1.82) is 0 Å². The van der Waals surface area contributed by atoms with Gasteiger partial charge in [-0.25, -0.2) is 0 Å². The highest BCUT2D eigenvalue weighted by atomic mass is 16.4. The quantitative estimate of drug-likeness (QED) is 0.779. The van der Waals surface area contributed by atoms with Gasteiger partial charge >= 0.3 is 5.97 Å². The maximum absolute atomic E-state index is 11.2. The molecule has 1 aromatic heterocycles. The molecule has 1 atom stereocenters. The Hall–Kier alpha value is -2.01. The van der Waals surface area contributed by atoms with E-state index in [-0.39, 0.29) is 0 Å². The number of anilines is 1. The van der Waals surface area contributed by atoms with Crippen LogP contribution in [0.2, 0.25) is 0 Å². The minimum absolute atomic E-state index is 0.597. The van der Waals surface area contributed by atoms with Gasteiger partial charge in [0.2, 0.25) is 0 Å². The third-order valence-corrected chi connectivity index (χ3v) is 4.71. The summed E-state index contributed by atoms with van der Waals surface area (Å²) < 4.78 is 0. The molecule has 4 N–H and O–H groups in total. The van der Waals surface area contributed by atoms with Crippen LogP contribution >= 0.6 is 0 Å². The number of nitrogens with two attached hydrogens (primary N) is 1. The van der Waals surface area contributed by atoms with E-state index in [4.69, 9.17) is 10.8 Å². The van der Waals surface area contributed by atoms with Crippen LogP contribution in [-0.4, -0.2) is 29.1 Å². The molecular formula is C15H17N3O2. The van der Waals surface area contributed by atoms with Gasteiger partial charge in [0.05, 0.1) is 5.52 Å². The van der Waals surface area contributed by atoms with Gasteiger partial charge in [0.1, 0.15) is 11.9 Å². The van der Waals surface area contributed by atoms with Crippen LogP contribution in [0.3, 0.4) is 0 Å². The van der Waals surface area contributed by atoms with Crippen molar-refractivity contribution in [3.63, 3.8) is 0 Å². The van der Waals surface area contributed by atoms with Crippen molar-refractivity contribution in [2.24, 2.45) is 5.73 Å². The van der Waals surface area contributed by atoms with E-state index in [2.05, 4.69) is 16.0 Å². The lowest BCUT2D eigenvalue weighted by Gasteiger charge is -2.40. The summed E-state index contributed by atoms with van der Waals surface area (Å²) in [6, 6.07) is 4.81. The molecule has 5 rings (SSSR count). The van der Waals surface area contributed by atoms with Crippen molar-refractivity contribution in [2.75, 3.05) is 18.0 Å². The molecule has 1 unspecified atom stereocenters. The number of fused-ring (bicyclic) bond motifs is 3. The molecule has 3 aliphatic rings. The molecule has 5 nitrogen and oxygen atoms in total. The molecule has 0 spiro atoms. The summed E-state index contributed by atoms with van der Waals surface area (Å²) in [6.45, 7) is 2.18. The summed E-state index contributed by atoms with van der Waals surface area (Å²) in [5.74, 6) is 0.779. The number of nitrogens with one attached hydrogen (secondary N) is 1. The minimum Gasteiger partial charge on any atom is -0.480 e. The van der Waals surface area contributed by atoms with Crippen LogP contribution in [0, 0.1) is 0 Å². The van der Waals surface area contributed by atoms with Crippen LogP contribution in [-0.2, 0) is 4.79 Å². The number of benzene rings is 1. The zero-order chi connectivity index (χ0) is 13.9. The standard InChI is InChI=1S/C15H17N3O2/c16-12(15(19)20)10-3-1-2-9-11-8-4-6-18(7-5-8)14(11)17-13(9)10/h1-3,8,12,17H,4-7,16H2,(H,19,20). The van der Waals surface area contributed by atoms with Gasteiger partial charge in [-0.05, 0) is 18.8 Å². The van der Waals surface area contributed by atoms with Gasteiger partial charge < -0.3 is 20.7 Å². The van der Waals surface area contributed by atoms with Gasteiger partial charge in [-0.1, -0.05) is 18.2 Å². The number of H-pyrrole nitrogens is 1. The van der Waals surface area contributed by atoms with Crippen LogP contribution < -0.4 is 10.6 Å². The molecule has 0 radical (unpaired) electrons. The van der Waals surface area contributed by atoms with Gasteiger partial charge in [-0.2, -0.15) is 0 Å². The zero-order valence-electron chi connectivity index (χ0n) is 11.1. The van der Waals surface area contributed by atoms with Crippen molar-refractivity contribution >= 4 is 22.7 Å². The Morgan fingerprint density at radius 3 is 2.85 bits per heavy atom. The predicted molar refractivity (Wildman–Crippen MR) is 77.1 cm³/mol. The highest BCUT2D eigenvalue weighted by Crippen LogP contribution is 2.46. The van der Waals surface area contributed by atoms with E-state index in [0.29, 0.717) is 11.5 Å². The van der Waals surface area contributed by atoms with E-state index >= 15 is 0 Å². The fraction of sp³-hybridized carbons (Fsp3) is 0.400. The third-order valence-electron chi connectivity index (χ3n) is 4.71. The molecule has 1 fully saturated rings. The number of aromatic nitrogens is 1. The normalized spacial score (nSPS) is 19.4. The van der Waals surface area contributed by atoms with E-state index in [0.717, 1.165) is 24.0 Å².